The number of nitrogens with one attached hydrogen (secondary N) is 1. The van der Waals surface area contributed by atoms with Gasteiger partial charge in [-0.25, -0.2) is 9.50 Å². The van der Waals surface area contributed by atoms with Crippen molar-refractivity contribution in [3.05, 3.63) is 47.9 Å². The minimum atomic E-state index is 0.385. The Kier molecular flexibility index (Phi) is 5.87. The zero-order valence-electron chi connectivity index (χ0n) is 20.4. The molecule has 3 aromatic heterocycles. The first-order valence-electron chi connectivity index (χ1n) is 12.2. The predicted molar refractivity (Wildman–Crippen MR) is 134 cm³/mol. The van der Waals surface area contributed by atoms with Crippen molar-refractivity contribution in [3.8, 4) is 17.0 Å². The Labute approximate surface area is 196 Å². The monoisotopic (exact) mass is 445 g/mol. The van der Waals surface area contributed by atoms with E-state index in [2.05, 4.69) is 72.1 Å². The average molecular weight is 446 g/mol. The van der Waals surface area contributed by atoms with Gasteiger partial charge in [-0.2, -0.15) is 5.10 Å². The molecule has 0 radical (unpaired) electrons. The molecule has 0 bridgehead atoms. The van der Waals surface area contributed by atoms with Crippen LogP contribution in [0.2, 0.25) is 0 Å². The van der Waals surface area contributed by atoms with E-state index in [1.54, 1.807) is 18.0 Å². The predicted octanol–water partition coefficient (Wildman–Crippen LogP) is 5.99. The van der Waals surface area contributed by atoms with Gasteiger partial charge in [0, 0.05) is 28.7 Å². The van der Waals surface area contributed by atoms with Crippen LogP contribution in [0.1, 0.15) is 69.4 Å². The fraction of sp³-hybridized carbons (Fsp3) is 0.481. The molecule has 1 fully saturated rings. The van der Waals surface area contributed by atoms with E-state index in [1.807, 2.05) is 6.20 Å². The highest BCUT2D eigenvalue weighted by Gasteiger charge is 2.25. The first kappa shape index (κ1) is 22.0. The van der Waals surface area contributed by atoms with Crippen molar-refractivity contribution in [1.29, 1.82) is 0 Å². The van der Waals surface area contributed by atoms with Gasteiger partial charge in [-0.3, -0.25) is 0 Å². The number of H-pyrrole nitrogens is 1. The Morgan fingerprint density at radius 2 is 1.97 bits per heavy atom. The summed E-state index contributed by atoms with van der Waals surface area (Å²) in [5.41, 5.74) is 6.96. The average Bonchev–Trinajstić information content (AvgIpc) is 3.47. The summed E-state index contributed by atoms with van der Waals surface area (Å²) >= 11 is 0. The number of benzene rings is 1. The highest BCUT2D eigenvalue weighted by Crippen LogP contribution is 2.40. The number of methoxy groups -OCH3 is 1. The molecule has 5 rings (SSSR count). The summed E-state index contributed by atoms with van der Waals surface area (Å²) in [6, 6.07) is 9.86. The van der Waals surface area contributed by atoms with Crippen molar-refractivity contribution in [2.45, 2.75) is 64.3 Å². The first-order valence-corrected chi connectivity index (χ1v) is 12.2. The Hall–Kier alpha value is -2.86. The van der Waals surface area contributed by atoms with Gasteiger partial charge in [0.2, 0.25) is 0 Å². The third-order valence-corrected chi connectivity index (χ3v) is 7.58. The second kappa shape index (κ2) is 8.82. The molecule has 1 aliphatic rings. The maximum atomic E-state index is 5.61. The zero-order chi connectivity index (χ0) is 23.1. The fourth-order valence-corrected chi connectivity index (χ4v) is 5.60. The Morgan fingerprint density at radius 3 is 2.67 bits per heavy atom. The second-order valence-electron chi connectivity index (χ2n) is 9.78. The minimum Gasteiger partial charge on any atom is -0.493 e. The van der Waals surface area contributed by atoms with Crippen LogP contribution < -0.4 is 4.74 Å². The third-order valence-electron chi connectivity index (χ3n) is 7.58. The second-order valence-corrected chi connectivity index (χ2v) is 9.78. The molecule has 0 unspecified atom stereocenters. The van der Waals surface area contributed by atoms with Gasteiger partial charge >= 0.3 is 0 Å². The largest absolute Gasteiger partial charge is 0.493 e. The summed E-state index contributed by atoms with van der Waals surface area (Å²) < 4.78 is 7.41. The van der Waals surface area contributed by atoms with Crippen molar-refractivity contribution in [2.24, 2.45) is 0 Å². The number of rotatable bonds is 6. The van der Waals surface area contributed by atoms with Crippen LogP contribution in [0.15, 0.2) is 36.8 Å². The van der Waals surface area contributed by atoms with Gasteiger partial charge in [0.1, 0.15) is 6.33 Å². The molecule has 0 atom stereocenters. The van der Waals surface area contributed by atoms with Crippen LogP contribution in [0.4, 0.5) is 0 Å². The van der Waals surface area contributed by atoms with Crippen molar-refractivity contribution in [2.75, 3.05) is 20.7 Å². The summed E-state index contributed by atoms with van der Waals surface area (Å²) in [7, 11) is 3.95. The number of aromatic nitrogens is 4. The molecule has 33 heavy (non-hydrogen) atoms. The lowest BCUT2D eigenvalue weighted by Gasteiger charge is -2.34. The lowest BCUT2D eigenvalue weighted by molar-refractivity contribution is 0.190. The number of pyridine rings is 1. The molecular formula is C27H35N5O. The number of hydrogen-bond donors (Lipinski definition) is 1. The highest BCUT2D eigenvalue weighted by molar-refractivity contribution is 5.92. The molecule has 4 aromatic rings. The van der Waals surface area contributed by atoms with Gasteiger partial charge in [-0.15, -0.1) is 0 Å². The summed E-state index contributed by atoms with van der Waals surface area (Å²) in [4.78, 5) is 10.5. The van der Waals surface area contributed by atoms with E-state index < -0.39 is 0 Å². The SMILES string of the molecule is CCN(C)C1CCC(c2ccc3[nH]c(-c4cc(OC)c5ncnn5c4)c(C(C)C)c3c2)CC1. The minimum absolute atomic E-state index is 0.385. The number of ether oxygens (including phenoxy) is 1. The number of hydrogen-bond acceptors (Lipinski definition) is 4. The maximum Gasteiger partial charge on any atom is 0.197 e. The normalized spacial score (nSPS) is 19.2. The first-order chi connectivity index (χ1) is 16.0. The summed E-state index contributed by atoms with van der Waals surface area (Å²) in [5, 5.41) is 5.69. The van der Waals surface area contributed by atoms with E-state index in [1.165, 1.54) is 47.7 Å². The third kappa shape index (κ3) is 3.90. The fourth-order valence-electron chi connectivity index (χ4n) is 5.60. The topological polar surface area (TPSA) is 58.5 Å². The van der Waals surface area contributed by atoms with Crippen LogP contribution in [0.3, 0.4) is 0 Å². The molecule has 0 saturated heterocycles. The molecule has 6 heteroatoms. The molecule has 0 aliphatic heterocycles. The standard InChI is InChI=1S/C27H35N5O/c1-6-31(4)21-10-7-18(8-11-21)19-9-12-23-22(13-19)25(17(2)3)26(30-23)20-14-24(33-5)27-28-16-29-32(27)15-20/h9,12-18,21,30H,6-8,10-11H2,1-5H3. The quantitative estimate of drug-likeness (QED) is 0.396. The van der Waals surface area contributed by atoms with Crippen LogP contribution >= 0.6 is 0 Å². The lowest BCUT2D eigenvalue weighted by Crippen LogP contribution is -2.34. The molecular weight excluding hydrogens is 410 g/mol. The van der Waals surface area contributed by atoms with Crippen molar-refractivity contribution >= 4 is 16.6 Å². The van der Waals surface area contributed by atoms with Gasteiger partial charge in [-0.1, -0.05) is 26.8 Å². The number of fused-ring (bicyclic) bond motifs is 2. The van der Waals surface area contributed by atoms with E-state index in [4.69, 9.17) is 4.74 Å². The molecule has 0 spiro atoms. The molecule has 1 N–H and O–H groups in total. The van der Waals surface area contributed by atoms with E-state index in [0.29, 0.717) is 11.8 Å². The number of nitrogens with zero attached hydrogens (tertiary/aromatic N) is 4. The summed E-state index contributed by atoms with van der Waals surface area (Å²) in [6.07, 6.45) is 8.73. The van der Waals surface area contributed by atoms with Gasteiger partial charge in [0.25, 0.3) is 0 Å². The zero-order valence-corrected chi connectivity index (χ0v) is 20.4. The molecule has 1 aliphatic carbocycles. The Morgan fingerprint density at radius 1 is 1.18 bits per heavy atom. The van der Waals surface area contributed by atoms with Crippen molar-refractivity contribution in [1.82, 2.24) is 24.5 Å². The van der Waals surface area contributed by atoms with Crippen LogP contribution in [-0.2, 0) is 0 Å². The van der Waals surface area contributed by atoms with E-state index in [9.17, 15) is 0 Å². The van der Waals surface area contributed by atoms with E-state index >= 15 is 0 Å². The summed E-state index contributed by atoms with van der Waals surface area (Å²) in [5.74, 6) is 1.77. The molecule has 1 aromatic carbocycles. The van der Waals surface area contributed by atoms with Crippen LogP contribution in [0, 0.1) is 0 Å². The Balaban J connectivity index is 1.54. The van der Waals surface area contributed by atoms with Crippen LogP contribution in [0.25, 0.3) is 27.8 Å². The maximum absolute atomic E-state index is 5.61. The van der Waals surface area contributed by atoms with Gasteiger partial charge in [0.05, 0.1) is 12.8 Å². The molecule has 174 valence electrons. The molecule has 1 saturated carbocycles. The van der Waals surface area contributed by atoms with E-state index in [0.717, 1.165) is 35.2 Å². The molecule has 3 heterocycles. The Bertz CT molecular complexity index is 1260. The molecule has 6 nitrogen and oxygen atoms in total. The van der Waals surface area contributed by atoms with Crippen LogP contribution in [0.5, 0.6) is 5.75 Å². The summed E-state index contributed by atoms with van der Waals surface area (Å²) in [6.45, 7) is 7.94. The lowest BCUT2D eigenvalue weighted by atomic mass is 9.80. The number of aromatic amines is 1. The smallest absolute Gasteiger partial charge is 0.197 e. The van der Waals surface area contributed by atoms with Gasteiger partial charge in [-0.05, 0) is 80.4 Å². The van der Waals surface area contributed by atoms with Crippen LogP contribution in [-0.4, -0.2) is 51.2 Å². The van der Waals surface area contributed by atoms with Gasteiger partial charge < -0.3 is 14.6 Å². The molecule has 0 amide bonds. The van der Waals surface area contributed by atoms with Gasteiger partial charge in [0.15, 0.2) is 11.4 Å². The van der Waals surface area contributed by atoms with Crippen molar-refractivity contribution < 1.29 is 4.74 Å². The van der Waals surface area contributed by atoms with E-state index in [-0.39, 0.29) is 0 Å². The van der Waals surface area contributed by atoms with Crippen molar-refractivity contribution in [3.63, 3.8) is 0 Å². The highest BCUT2D eigenvalue weighted by atomic mass is 16.5.